The van der Waals surface area contributed by atoms with Crippen molar-refractivity contribution in [2.24, 2.45) is 0 Å². The van der Waals surface area contributed by atoms with Crippen LogP contribution in [0.3, 0.4) is 0 Å². The van der Waals surface area contributed by atoms with E-state index in [4.69, 9.17) is 9.47 Å². The van der Waals surface area contributed by atoms with Crippen LogP contribution in [0, 0.1) is 0 Å². The normalized spacial score (nSPS) is 11.0. The van der Waals surface area contributed by atoms with Gasteiger partial charge < -0.3 is 20.1 Å². The summed E-state index contributed by atoms with van der Waals surface area (Å²) in [5, 5.41) is 7.62. The molecule has 0 aromatic carbocycles. The first-order valence-corrected chi connectivity index (χ1v) is 9.94. The van der Waals surface area contributed by atoms with E-state index in [2.05, 4.69) is 15.6 Å². The Morgan fingerprint density at radius 1 is 1.19 bits per heavy atom. The number of carbonyl (C=O) groups is 3. The van der Waals surface area contributed by atoms with Crippen LogP contribution in [0.1, 0.15) is 59.1 Å². The molecule has 0 aliphatic rings. The second-order valence-electron chi connectivity index (χ2n) is 6.91. The van der Waals surface area contributed by atoms with Crippen LogP contribution in [-0.2, 0) is 25.5 Å². The van der Waals surface area contributed by atoms with Crippen LogP contribution in [-0.4, -0.2) is 41.7 Å². The second kappa shape index (κ2) is 11.5. The van der Waals surface area contributed by atoms with Gasteiger partial charge in [0.1, 0.15) is 5.60 Å². The Labute approximate surface area is 164 Å². The predicted octanol–water partition coefficient (Wildman–Crippen LogP) is 3.27. The fourth-order valence-corrected chi connectivity index (χ4v) is 2.81. The minimum Gasteiger partial charge on any atom is -0.466 e. The lowest BCUT2D eigenvalue weighted by molar-refractivity contribution is -0.142. The third kappa shape index (κ3) is 11.2. The summed E-state index contributed by atoms with van der Waals surface area (Å²) in [7, 11) is 0. The van der Waals surface area contributed by atoms with Crippen LogP contribution in [0.15, 0.2) is 5.38 Å². The zero-order valence-electron chi connectivity index (χ0n) is 16.4. The number of alkyl carbamates (subject to hydrolysis) is 1. The van der Waals surface area contributed by atoms with Gasteiger partial charge >= 0.3 is 12.1 Å². The van der Waals surface area contributed by atoms with Gasteiger partial charge in [0.25, 0.3) is 0 Å². The molecule has 0 saturated heterocycles. The van der Waals surface area contributed by atoms with Gasteiger partial charge in [-0.15, -0.1) is 11.3 Å². The standard InChI is InChI=1S/C18H29N3O5S/c1-5-25-15(23)11-13-12-27-16(20-13)21-14(22)9-7-6-8-10-19-17(24)26-18(2,3)4/h12H,5-11H2,1-4H3,(H,19,24)(H,20,21,22). The molecule has 1 heterocycles. The highest BCUT2D eigenvalue weighted by Crippen LogP contribution is 2.16. The van der Waals surface area contributed by atoms with Crippen molar-refractivity contribution in [1.29, 1.82) is 0 Å². The molecule has 8 nitrogen and oxygen atoms in total. The molecular formula is C18H29N3O5S. The average Bonchev–Trinajstić information content (AvgIpc) is 2.96. The Balaban J connectivity index is 2.15. The number of anilines is 1. The summed E-state index contributed by atoms with van der Waals surface area (Å²) in [6.45, 7) is 8.03. The van der Waals surface area contributed by atoms with Gasteiger partial charge in [0.15, 0.2) is 5.13 Å². The number of thiazole rings is 1. The van der Waals surface area contributed by atoms with Crippen molar-refractivity contribution in [3.63, 3.8) is 0 Å². The maximum absolute atomic E-state index is 11.9. The van der Waals surface area contributed by atoms with Gasteiger partial charge in [0.2, 0.25) is 5.91 Å². The van der Waals surface area contributed by atoms with E-state index in [1.807, 2.05) is 20.8 Å². The molecule has 1 aromatic rings. The Morgan fingerprint density at radius 2 is 1.93 bits per heavy atom. The molecule has 2 amide bonds. The monoisotopic (exact) mass is 399 g/mol. The van der Waals surface area contributed by atoms with Crippen LogP contribution in [0.4, 0.5) is 9.93 Å². The molecule has 9 heteroatoms. The number of rotatable bonds is 10. The quantitative estimate of drug-likeness (QED) is 0.462. The molecule has 1 aromatic heterocycles. The number of nitrogens with zero attached hydrogens (tertiary/aromatic N) is 1. The van der Waals surface area contributed by atoms with Crippen molar-refractivity contribution in [2.75, 3.05) is 18.5 Å². The number of aromatic nitrogens is 1. The first-order chi connectivity index (χ1) is 12.7. The van der Waals surface area contributed by atoms with Crippen molar-refractivity contribution < 1.29 is 23.9 Å². The van der Waals surface area contributed by atoms with Gasteiger partial charge in [-0.25, -0.2) is 9.78 Å². The van der Waals surface area contributed by atoms with Crippen molar-refractivity contribution in [2.45, 2.75) is 65.4 Å². The first-order valence-electron chi connectivity index (χ1n) is 9.06. The fourth-order valence-electron chi connectivity index (χ4n) is 2.08. The van der Waals surface area contributed by atoms with Crippen molar-refractivity contribution in [1.82, 2.24) is 10.3 Å². The van der Waals surface area contributed by atoms with Crippen molar-refractivity contribution in [3.05, 3.63) is 11.1 Å². The summed E-state index contributed by atoms with van der Waals surface area (Å²) < 4.78 is 10.0. The molecule has 0 aliphatic heterocycles. The molecule has 0 aliphatic carbocycles. The summed E-state index contributed by atoms with van der Waals surface area (Å²) >= 11 is 1.28. The summed E-state index contributed by atoms with van der Waals surface area (Å²) in [4.78, 5) is 39.0. The summed E-state index contributed by atoms with van der Waals surface area (Å²) in [5.74, 6) is -0.451. The van der Waals surface area contributed by atoms with E-state index in [1.165, 1.54) is 11.3 Å². The average molecular weight is 400 g/mol. The van der Waals surface area contributed by atoms with Crippen LogP contribution in [0.5, 0.6) is 0 Å². The molecule has 0 unspecified atom stereocenters. The number of esters is 1. The Kier molecular flexibility index (Phi) is 9.77. The van der Waals surface area contributed by atoms with E-state index in [0.717, 1.165) is 12.8 Å². The number of unbranched alkanes of at least 4 members (excludes halogenated alkanes) is 2. The molecule has 0 fully saturated rings. The third-order valence-electron chi connectivity index (χ3n) is 3.18. The molecule has 2 N–H and O–H groups in total. The number of amides is 2. The highest BCUT2D eigenvalue weighted by Gasteiger charge is 2.15. The van der Waals surface area contributed by atoms with Gasteiger partial charge in [0.05, 0.1) is 18.7 Å². The lowest BCUT2D eigenvalue weighted by Gasteiger charge is -2.19. The number of hydrogen-bond donors (Lipinski definition) is 2. The molecule has 27 heavy (non-hydrogen) atoms. The Bertz CT molecular complexity index is 625. The SMILES string of the molecule is CCOC(=O)Cc1csc(NC(=O)CCCCCNC(=O)OC(C)(C)C)n1. The predicted molar refractivity (Wildman–Crippen MR) is 104 cm³/mol. The molecule has 0 atom stereocenters. The fraction of sp³-hybridized carbons (Fsp3) is 0.667. The zero-order valence-corrected chi connectivity index (χ0v) is 17.2. The first kappa shape index (κ1) is 22.9. The minimum absolute atomic E-state index is 0.102. The lowest BCUT2D eigenvalue weighted by Crippen LogP contribution is -2.33. The van der Waals surface area contributed by atoms with Gasteiger partial charge in [-0.05, 0) is 40.5 Å². The van der Waals surface area contributed by atoms with E-state index >= 15 is 0 Å². The smallest absolute Gasteiger partial charge is 0.407 e. The van der Waals surface area contributed by atoms with E-state index in [9.17, 15) is 14.4 Å². The molecular weight excluding hydrogens is 370 g/mol. The Hall–Kier alpha value is -2.16. The highest BCUT2D eigenvalue weighted by molar-refractivity contribution is 7.13. The van der Waals surface area contributed by atoms with E-state index in [1.54, 1.807) is 12.3 Å². The molecule has 0 radical (unpaired) electrons. The van der Waals surface area contributed by atoms with Crippen LogP contribution < -0.4 is 10.6 Å². The van der Waals surface area contributed by atoms with Gasteiger partial charge in [-0.3, -0.25) is 9.59 Å². The zero-order chi connectivity index (χ0) is 20.3. The van der Waals surface area contributed by atoms with Gasteiger partial charge in [-0.1, -0.05) is 6.42 Å². The van der Waals surface area contributed by atoms with Gasteiger partial charge in [-0.2, -0.15) is 0 Å². The summed E-state index contributed by atoms with van der Waals surface area (Å²) in [6.07, 6.45) is 2.35. The summed E-state index contributed by atoms with van der Waals surface area (Å²) in [6, 6.07) is 0. The van der Waals surface area contributed by atoms with Crippen molar-refractivity contribution >= 4 is 34.4 Å². The van der Waals surface area contributed by atoms with E-state index in [0.29, 0.717) is 36.8 Å². The van der Waals surface area contributed by atoms with Crippen LogP contribution >= 0.6 is 11.3 Å². The number of carbonyl (C=O) groups excluding carboxylic acids is 3. The molecule has 152 valence electrons. The molecule has 0 spiro atoms. The number of hydrogen-bond acceptors (Lipinski definition) is 7. The largest absolute Gasteiger partial charge is 0.466 e. The minimum atomic E-state index is -0.506. The van der Waals surface area contributed by atoms with Crippen LogP contribution in [0.25, 0.3) is 0 Å². The third-order valence-corrected chi connectivity index (χ3v) is 3.98. The molecule has 1 rings (SSSR count). The highest BCUT2D eigenvalue weighted by atomic mass is 32.1. The van der Waals surface area contributed by atoms with Crippen molar-refractivity contribution in [3.8, 4) is 0 Å². The number of ether oxygens (including phenoxy) is 2. The maximum atomic E-state index is 11.9. The topological polar surface area (TPSA) is 107 Å². The molecule has 0 bridgehead atoms. The second-order valence-corrected chi connectivity index (χ2v) is 7.77. The lowest BCUT2D eigenvalue weighted by atomic mass is 10.2. The van der Waals surface area contributed by atoms with Crippen LogP contribution in [0.2, 0.25) is 0 Å². The van der Waals surface area contributed by atoms with E-state index < -0.39 is 11.7 Å². The van der Waals surface area contributed by atoms with Gasteiger partial charge in [0, 0.05) is 18.3 Å². The molecule has 0 saturated carbocycles. The maximum Gasteiger partial charge on any atom is 0.407 e. The van der Waals surface area contributed by atoms with E-state index in [-0.39, 0.29) is 18.3 Å². The Morgan fingerprint density at radius 3 is 2.59 bits per heavy atom. The summed E-state index contributed by atoms with van der Waals surface area (Å²) in [5.41, 5.74) is 0.0794. The number of nitrogens with one attached hydrogen (secondary N) is 2.